The van der Waals surface area contributed by atoms with E-state index in [1.54, 1.807) is 6.07 Å². The minimum atomic E-state index is -0.771. The second-order valence-electron chi connectivity index (χ2n) is 9.65. The Morgan fingerprint density at radius 1 is 1.29 bits per heavy atom. The number of hydrogen-bond acceptors (Lipinski definition) is 4. The second kappa shape index (κ2) is 8.73. The number of nitriles is 1. The molecule has 1 saturated carbocycles. The molecule has 0 radical (unpaired) electrons. The van der Waals surface area contributed by atoms with Gasteiger partial charge in [0.1, 0.15) is 6.07 Å². The zero-order valence-electron chi connectivity index (χ0n) is 19.5. The number of aromatic nitrogens is 2. The molecule has 0 saturated heterocycles. The van der Waals surface area contributed by atoms with E-state index in [0.717, 1.165) is 37.1 Å². The van der Waals surface area contributed by atoms with Gasteiger partial charge in [0.25, 0.3) is 0 Å². The van der Waals surface area contributed by atoms with Crippen molar-refractivity contribution in [3.05, 3.63) is 82.4 Å². The summed E-state index contributed by atoms with van der Waals surface area (Å²) >= 11 is 0. The Labute approximate surface area is 199 Å². The first-order chi connectivity index (χ1) is 16.4. The third-order valence-corrected chi connectivity index (χ3v) is 7.52. The molecular formula is C28H28FN3O2. The average Bonchev–Trinajstić information content (AvgIpc) is 3.23. The Hall–Kier alpha value is -3.43. The van der Waals surface area contributed by atoms with E-state index in [-0.39, 0.29) is 23.7 Å². The summed E-state index contributed by atoms with van der Waals surface area (Å²) in [6.07, 6.45) is 7.07. The molecule has 5 nitrogen and oxygen atoms in total. The highest BCUT2D eigenvalue weighted by Gasteiger charge is 2.46. The van der Waals surface area contributed by atoms with Crippen LogP contribution < -0.4 is 4.74 Å². The number of aliphatic hydroxyl groups is 1. The van der Waals surface area contributed by atoms with Crippen LogP contribution in [0.1, 0.15) is 54.7 Å². The molecule has 5 rings (SSSR count). The van der Waals surface area contributed by atoms with E-state index in [0.29, 0.717) is 5.56 Å². The van der Waals surface area contributed by atoms with Crippen LogP contribution in [0.2, 0.25) is 0 Å². The van der Waals surface area contributed by atoms with E-state index in [9.17, 15) is 9.50 Å². The van der Waals surface area contributed by atoms with Crippen LogP contribution in [0.25, 0.3) is 11.8 Å². The molecule has 6 heteroatoms. The van der Waals surface area contributed by atoms with Crippen LogP contribution in [0.4, 0.5) is 4.39 Å². The van der Waals surface area contributed by atoms with Gasteiger partial charge in [-0.1, -0.05) is 36.3 Å². The highest BCUT2D eigenvalue weighted by atomic mass is 19.1. The smallest absolute Gasteiger partial charge is 0.174 e. The van der Waals surface area contributed by atoms with Crippen LogP contribution in [0.3, 0.4) is 0 Å². The molecule has 3 atom stereocenters. The molecule has 0 amide bonds. The first-order valence-corrected chi connectivity index (χ1v) is 11.7. The maximum absolute atomic E-state index is 14.1. The zero-order valence-corrected chi connectivity index (χ0v) is 19.5. The Morgan fingerprint density at radius 2 is 2.09 bits per heavy atom. The third kappa shape index (κ3) is 3.80. The highest BCUT2D eigenvalue weighted by Crippen LogP contribution is 2.55. The van der Waals surface area contributed by atoms with Crippen molar-refractivity contribution in [3.63, 3.8) is 0 Å². The number of allylic oxidation sites excluding steroid dienone is 1. The maximum atomic E-state index is 14.1. The van der Waals surface area contributed by atoms with E-state index in [4.69, 9.17) is 10.00 Å². The Bertz CT molecular complexity index is 1290. The molecule has 0 unspecified atom stereocenters. The van der Waals surface area contributed by atoms with Crippen molar-refractivity contribution < 1.29 is 14.2 Å². The van der Waals surface area contributed by atoms with Gasteiger partial charge in [-0.15, -0.1) is 0 Å². The second-order valence-corrected chi connectivity index (χ2v) is 9.65. The summed E-state index contributed by atoms with van der Waals surface area (Å²) in [5.41, 5.74) is 6.24. The predicted octanol–water partition coefficient (Wildman–Crippen LogP) is 5.70. The van der Waals surface area contributed by atoms with E-state index < -0.39 is 11.9 Å². The lowest BCUT2D eigenvalue weighted by Crippen LogP contribution is -2.40. The van der Waals surface area contributed by atoms with Gasteiger partial charge in [-0.05, 0) is 85.4 Å². The fraction of sp³-hybridized carbons (Fsp3) is 0.357. The van der Waals surface area contributed by atoms with Gasteiger partial charge in [0.05, 0.1) is 23.7 Å². The molecule has 1 heterocycles. The van der Waals surface area contributed by atoms with Crippen molar-refractivity contribution in [2.75, 3.05) is 6.61 Å². The van der Waals surface area contributed by atoms with Gasteiger partial charge >= 0.3 is 0 Å². The summed E-state index contributed by atoms with van der Waals surface area (Å²) in [5, 5.41) is 24.9. The average molecular weight is 458 g/mol. The third-order valence-electron chi connectivity index (χ3n) is 7.52. The van der Waals surface area contributed by atoms with E-state index in [2.05, 4.69) is 49.3 Å². The summed E-state index contributed by atoms with van der Waals surface area (Å²) in [7, 11) is 0. The van der Waals surface area contributed by atoms with Gasteiger partial charge in [0.2, 0.25) is 0 Å². The highest BCUT2D eigenvalue weighted by molar-refractivity contribution is 5.61. The molecule has 1 fully saturated rings. The van der Waals surface area contributed by atoms with Crippen LogP contribution in [-0.2, 0) is 6.42 Å². The summed E-state index contributed by atoms with van der Waals surface area (Å²) in [5.74, 6) is -0.565. The molecule has 0 spiro atoms. The molecule has 2 aliphatic carbocycles. The van der Waals surface area contributed by atoms with Gasteiger partial charge in [0.15, 0.2) is 18.2 Å². The standard InChI is InChI=1S/C28H28FN3O2/c1-18-6-9-22(10-7-18)32-25-15-21-4-3-5-23(28(21,2)16-20(25)17-31-32)27(33)19-8-11-24(29)26(14-19)34-13-12-30/h6-11,14-15,17,23,27,33H,3-5,13,16H2,1-2H3/t23-,27+,28+/m1/s1. The van der Waals surface area contributed by atoms with E-state index >= 15 is 0 Å². The Kier molecular flexibility index (Phi) is 5.75. The van der Waals surface area contributed by atoms with Crippen molar-refractivity contribution in [2.24, 2.45) is 11.3 Å². The number of ether oxygens (including phenoxy) is 1. The molecular weight excluding hydrogens is 429 g/mol. The number of hydrogen-bond donors (Lipinski definition) is 1. The van der Waals surface area contributed by atoms with Gasteiger partial charge in [-0.25, -0.2) is 9.07 Å². The molecule has 3 aromatic rings. The number of aryl methyl sites for hydroxylation is 1. The quantitative estimate of drug-likeness (QED) is 0.533. The molecule has 1 N–H and O–H groups in total. The minimum absolute atomic E-state index is 0.000123. The molecule has 2 aliphatic rings. The fourth-order valence-corrected chi connectivity index (χ4v) is 5.63. The van der Waals surface area contributed by atoms with Gasteiger partial charge < -0.3 is 9.84 Å². The monoisotopic (exact) mass is 457 g/mol. The van der Waals surface area contributed by atoms with Crippen molar-refractivity contribution in [1.29, 1.82) is 5.26 Å². The van der Waals surface area contributed by atoms with Crippen molar-refractivity contribution in [3.8, 4) is 17.5 Å². The zero-order chi connectivity index (χ0) is 23.9. The Morgan fingerprint density at radius 3 is 2.85 bits per heavy atom. The summed E-state index contributed by atoms with van der Waals surface area (Å²) in [6.45, 7) is 4.07. The summed E-state index contributed by atoms with van der Waals surface area (Å²) < 4.78 is 21.4. The number of aliphatic hydroxyl groups excluding tert-OH is 1. The number of halogens is 1. The van der Waals surface area contributed by atoms with Gasteiger partial charge in [-0.3, -0.25) is 0 Å². The number of rotatable bonds is 5. The summed E-state index contributed by atoms with van der Waals surface area (Å²) in [6, 6.07) is 14.7. The summed E-state index contributed by atoms with van der Waals surface area (Å²) in [4.78, 5) is 0. The lowest BCUT2D eigenvalue weighted by atomic mass is 9.57. The molecule has 0 aliphatic heterocycles. The largest absolute Gasteiger partial charge is 0.476 e. The van der Waals surface area contributed by atoms with Gasteiger partial charge in [-0.2, -0.15) is 10.4 Å². The first-order valence-electron chi connectivity index (χ1n) is 11.7. The van der Waals surface area contributed by atoms with Gasteiger partial charge in [0, 0.05) is 0 Å². The number of nitrogens with zero attached hydrogens (tertiary/aromatic N) is 3. The molecule has 34 heavy (non-hydrogen) atoms. The maximum Gasteiger partial charge on any atom is 0.174 e. The van der Waals surface area contributed by atoms with E-state index in [1.807, 2.05) is 16.9 Å². The van der Waals surface area contributed by atoms with Crippen molar-refractivity contribution in [1.82, 2.24) is 9.78 Å². The van der Waals surface area contributed by atoms with Crippen LogP contribution >= 0.6 is 0 Å². The molecule has 0 bridgehead atoms. The predicted molar refractivity (Wildman–Crippen MR) is 128 cm³/mol. The lowest BCUT2D eigenvalue weighted by Gasteiger charge is -2.47. The van der Waals surface area contributed by atoms with E-state index in [1.165, 1.54) is 28.8 Å². The van der Waals surface area contributed by atoms with Crippen LogP contribution in [-0.4, -0.2) is 21.5 Å². The fourth-order valence-electron chi connectivity index (χ4n) is 5.63. The Balaban J connectivity index is 1.47. The first kappa shape index (κ1) is 22.4. The van der Waals surface area contributed by atoms with Crippen LogP contribution in [0.5, 0.6) is 5.75 Å². The SMILES string of the molecule is Cc1ccc(-n2ncc3c2C=C2CCC[C@H]([C@@H](O)c4ccc(F)c(OCC#N)c4)[C@@]2(C)C3)cc1. The molecule has 1 aromatic heterocycles. The number of fused-ring (bicyclic) bond motifs is 2. The minimum Gasteiger partial charge on any atom is -0.476 e. The molecule has 174 valence electrons. The van der Waals surface area contributed by atoms with Crippen molar-refractivity contribution in [2.45, 2.75) is 45.6 Å². The topological polar surface area (TPSA) is 71.1 Å². The van der Waals surface area contributed by atoms with Crippen molar-refractivity contribution >= 4 is 6.08 Å². The van der Waals surface area contributed by atoms with Crippen LogP contribution in [0.15, 0.2) is 54.2 Å². The number of benzene rings is 2. The normalized spacial score (nSPS) is 22.2. The lowest BCUT2D eigenvalue weighted by molar-refractivity contribution is 0.0215. The van der Waals surface area contributed by atoms with Crippen LogP contribution in [0, 0.1) is 35.4 Å². The molecule has 2 aromatic carbocycles.